The second-order valence-electron chi connectivity index (χ2n) is 3.59. The van der Waals surface area contributed by atoms with Gasteiger partial charge in [-0.1, -0.05) is 12.1 Å². The Kier molecular flexibility index (Phi) is 5.73. The summed E-state index contributed by atoms with van der Waals surface area (Å²) in [6.07, 6.45) is 3.80. The topological polar surface area (TPSA) is 55.0 Å². The van der Waals surface area contributed by atoms with Gasteiger partial charge in [-0.3, -0.25) is 4.79 Å². The molecule has 0 amide bonds. The molecular weight excluding hydrogens is 235 g/mol. The van der Waals surface area contributed by atoms with Crippen LogP contribution in [-0.2, 0) is 4.94 Å². The second-order valence-corrected chi connectivity index (χ2v) is 3.59. The van der Waals surface area contributed by atoms with Gasteiger partial charge in [0, 0.05) is 17.3 Å². The Morgan fingerprint density at radius 2 is 2.28 bits per heavy atom. The minimum absolute atomic E-state index is 0.128. The van der Waals surface area contributed by atoms with E-state index in [0.717, 1.165) is 11.1 Å². The van der Waals surface area contributed by atoms with Crippen LogP contribution in [0, 0.1) is 6.92 Å². The number of pyridine rings is 2. The van der Waals surface area contributed by atoms with E-state index in [0.29, 0.717) is 11.9 Å². The first-order valence-electron chi connectivity index (χ1n) is 5.48. The normalized spacial score (nSPS) is 9.67. The molecule has 0 spiro atoms. The zero-order chi connectivity index (χ0) is 13.4. The highest BCUT2D eigenvalue weighted by Gasteiger charge is 1.97. The zero-order valence-electron chi connectivity index (χ0n) is 10.1. The number of hydrogen-bond acceptors (Lipinski definition) is 3. The van der Waals surface area contributed by atoms with E-state index in [9.17, 15) is 9.32 Å². The summed E-state index contributed by atoms with van der Waals surface area (Å²) in [6, 6.07) is 5.62. The third kappa shape index (κ3) is 4.10. The van der Waals surface area contributed by atoms with Gasteiger partial charge in [-0.15, -0.1) is 6.58 Å². The van der Waals surface area contributed by atoms with Crippen LogP contribution in [0.2, 0.25) is 0 Å². The van der Waals surface area contributed by atoms with Gasteiger partial charge < -0.3 is 4.98 Å². The molecule has 0 aliphatic carbocycles. The van der Waals surface area contributed by atoms with Crippen molar-refractivity contribution >= 4 is 10.9 Å². The molecular formula is C13H15FN2O2. The maximum Gasteiger partial charge on any atom is 0.274 e. The van der Waals surface area contributed by atoms with E-state index in [1.807, 2.05) is 25.1 Å². The van der Waals surface area contributed by atoms with Gasteiger partial charge in [0.15, 0.2) is 0 Å². The quantitative estimate of drug-likeness (QED) is 0.673. The second kappa shape index (κ2) is 7.34. The zero-order valence-corrected chi connectivity index (χ0v) is 10.1. The first-order chi connectivity index (χ1) is 8.69. The molecule has 2 aromatic heterocycles. The van der Waals surface area contributed by atoms with E-state index in [2.05, 4.69) is 21.5 Å². The van der Waals surface area contributed by atoms with E-state index >= 15 is 0 Å². The number of aryl methyl sites for hydroxylation is 1. The molecule has 0 bridgehead atoms. The number of H-pyrrole nitrogens is 1. The Hall–Kier alpha value is -2.01. The van der Waals surface area contributed by atoms with Crippen molar-refractivity contribution in [3.63, 3.8) is 0 Å². The van der Waals surface area contributed by atoms with Crippen LogP contribution >= 0.6 is 0 Å². The third-order valence-corrected chi connectivity index (χ3v) is 2.16. The number of fused-ring (bicyclic) bond motifs is 1. The molecule has 0 aliphatic rings. The molecule has 2 aromatic rings. The van der Waals surface area contributed by atoms with E-state index in [1.54, 1.807) is 12.3 Å². The highest BCUT2D eigenvalue weighted by molar-refractivity contribution is 5.77. The predicted molar refractivity (Wildman–Crippen MR) is 69.0 cm³/mol. The van der Waals surface area contributed by atoms with Gasteiger partial charge in [-0.05, 0) is 30.0 Å². The number of nitrogens with zero attached hydrogens (tertiary/aromatic N) is 1. The molecule has 5 heteroatoms. The summed E-state index contributed by atoms with van der Waals surface area (Å²) < 4.78 is 10.6. The number of nitrogens with one attached hydrogen (secondary N) is 1. The molecule has 0 aromatic carbocycles. The first-order valence-corrected chi connectivity index (χ1v) is 5.48. The smallest absolute Gasteiger partial charge is 0.274 e. The number of aromatic nitrogens is 2. The first kappa shape index (κ1) is 14.1. The maximum absolute atomic E-state index is 11.2. The predicted octanol–water partition coefficient (Wildman–Crippen LogP) is 2.70. The van der Waals surface area contributed by atoms with E-state index in [1.165, 1.54) is 0 Å². The molecule has 1 N–H and O–H groups in total. The van der Waals surface area contributed by atoms with E-state index < -0.39 is 0 Å². The molecule has 0 atom stereocenters. The maximum atomic E-state index is 11.2. The van der Waals surface area contributed by atoms with Crippen molar-refractivity contribution in [2.75, 3.05) is 6.61 Å². The van der Waals surface area contributed by atoms with Gasteiger partial charge in [-0.25, -0.2) is 4.98 Å². The Balaban J connectivity index is 0.000000232. The largest absolute Gasteiger partial charge is 0.327 e. The van der Waals surface area contributed by atoms with Crippen LogP contribution in [0.1, 0.15) is 12.1 Å². The number of rotatable bonds is 3. The van der Waals surface area contributed by atoms with Crippen LogP contribution in [0.5, 0.6) is 0 Å². The highest BCUT2D eigenvalue weighted by Crippen LogP contribution is 2.05. The summed E-state index contributed by atoms with van der Waals surface area (Å²) in [5.74, 6) is 0. The summed E-state index contributed by atoms with van der Waals surface area (Å²) in [5.41, 5.74) is 1.24. The minimum atomic E-state index is -0.129. The van der Waals surface area contributed by atoms with Gasteiger partial charge in [0.1, 0.15) is 5.52 Å². The van der Waals surface area contributed by atoms with Crippen molar-refractivity contribution < 1.29 is 9.47 Å². The summed E-state index contributed by atoms with van der Waals surface area (Å²) in [6.45, 7) is 5.35. The van der Waals surface area contributed by atoms with Gasteiger partial charge in [0.05, 0.1) is 6.61 Å². The van der Waals surface area contributed by atoms with Crippen molar-refractivity contribution in [3.05, 3.63) is 53.1 Å². The summed E-state index contributed by atoms with van der Waals surface area (Å²) in [4.78, 5) is 21.1. The average Bonchev–Trinajstić information content (AvgIpc) is 2.38. The fourth-order valence-corrected chi connectivity index (χ4v) is 1.29. The lowest BCUT2D eigenvalue weighted by molar-refractivity contribution is -0.129. The molecule has 96 valence electrons. The third-order valence-electron chi connectivity index (χ3n) is 2.16. The van der Waals surface area contributed by atoms with Crippen molar-refractivity contribution in [1.82, 2.24) is 9.97 Å². The molecule has 2 rings (SSSR count). The molecule has 4 nitrogen and oxygen atoms in total. The molecule has 0 radical (unpaired) electrons. The number of hydrogen-bond donors (Lipinski definition) is 1. The molecule has 0 unspecified atom stereocenters. The van der Waals surface area contributed by atoms with Crippen LogP contribution in [-0.4, -0.2) is 16.6 Å². The Bertz CT molecular complexity index is 566. The Morgan fingerprint density at radius 3 is 2.89 bits per heavy atom. The van der Waals surface area contributed by atoms with Crippen LogP contribution < -0.4 is 5.56 Å². The van der Waals surface area contributed by atoms with Crippen LogP contribution in [0.25, 0.3) is 10.9 Å². The standard InChI is InChI=1S/C9H8N2O.C4H7FO/c1-6-2-3-7-4-5-10-9(12)8(7)11-6;1-2-3-4-6-5/h2-5H,1H3,(H,10,12);2H,1,3-4H2. The molecule has 2 heterocycles. The lowest BCUT2D eigenvalue weighted by Crippen LogP contribution is -2.06. The molecule has 0 fully saturated rings. The number of aromatic amines is 1. The van der Waals surface area contributed by atoms with Crippen molar-refractivity contribution in [2.24, 2.45) is 0 Å². The van der Waals surface area contributed by atoms with Crippen LogP contribution in [0.3, 0.4) is 0 Å². The van der Waals surface area contributed by atoms with E-state index in [4.69, 9.17) is 0 Å². The van der Waals surface area contributed by atoms with Crippen LogP contribution in [0.15, 0.2) is 41.8 Å². The molecule has 18 heavy (non-hydrogen) atoms. The molecule has 0 saturated heterocycles. The monoisotopic (exact) mass is 250 g/mol. The van der Waals surface area contributed by atoms with Crippen LogP contribution in [0.4, 0.5) is 4.53 Å². The molecule has 0 saturated carbocycles. The Morgan fingerprint density at radius 1 is 1.50 bits per heavy atom. The van der Waals surface area contributed by atoms with Gasteiger partial charge >= 0.3 is 0 Å². The summed E-state index contributed by atoms with van der Waals surface area (Å²) in [5, 5.41) is 0.879. The van der Waals surface area contributed by atoms with Gasteiger partial charge in [-0.2, -0.15) is 4.94 Å². The van der Waals surface area contributed by atoms with Gasteiger partial charge in [0.2, 0.25) is 0 Å². The van der Waals surface area contributed by atoms with E-state index in [-0.39, 0.29) is 12.2 Å². The fraction of sp³-hybridized carbons (Fsp3) is 0.231. The van der Waals surface area contributed by atoms with Gasteiger partial charge in [0.25, 0.3) is 5.56 Å². The number of halogens is 1. The summed E-state index contributed by atoms with van der Waals surface area (Å²) in [7, 11) is 0. The van der Waals surface area contributed by atoms with Crippen molar-refractivity contribution in [1.29, 1.82) is 0 Å². The molecule has 0 aliphatic heterocycles. The fourth-order valence-electron chi connectivity index (χ4n) is 1.29. The average molecular weight is 250 g/mol. The van der Waals surface area contributed by atoms with Crippen molar-refractivity contribution in [2.45, 2.75) is 13.3 Å². The van der Waals surface area contributed by atoms with Crippen molar-refractivity contribution in [3.8, 4) is 0 Å². The highest BCUT2D eigenvalue weighted by atomic mass is 19.3. The summed E-state index contributed by atoms with van der Waals surface area (Å²) >= 11 is 0. The SMILES string of the molecule is C=CCCOF.Cc1ccc2cc[nH]c(=O)c2n1. The lowest BCUT2D eigenvalue weighted by atomic mass is 10.2. The minimum Gasteiger partial charge on any atom is -0.327 e. The lowest BCUT2D eigenvalue weighted by Gasteiger charge is -1.95. The Labute approximate surface area is 104 Å².